The molecule has 23 heavy (non-hydrogen) atoms. The second kappa shape index (κ2) is 7.65. The first-order valence-corrected chi connectivity index (χ1v) is 13.4. The molecule has 0 spiro atoms. The molecular weight excluding hydrogens is 419 g/mol. The topological polar surface area (TPSA) is 20.2 Å². The zero-order valence-corrected chi connectivity index (χ0v) is 17.8. The molecule has 3 atom stereocenters. The summed E-state index contributed by atoms with van der Waals surface area (Å²) in [6.45, 7) is 7.20. The molecule has 3 heteroatoms. The van der Waals surface area contributed by atoms with Crippen molar-refractivity contribution in [2.45, 2.75) is 67.9 Å². The maximum atomic E-state index is 10.9. The number of benzene rings is 1. The summed E-state index contributed by atoms with van der Waals surface area (Å²) in [5.74, 6) is 0.754. The van der Waals surface area contributed by atoms with E-state index in [0.29, 0.717) is 5.41 Å². The minimum atomic E-state index is -1.36. The molecule has 0 radical (unpaired) electrons. The number of rotatable bonds is 6. The van der Waals surface area contributed by atoms with Crippen molar-refractivity contribution >= 4 is 23.2 Å². The van der Waals surface area contributed by atoms with E-state index in [1.54, 1.807) is 3.61 Å². The van der Waals surface area contributed by atoms with Gasteiger partial charge in [0.15, 0.2) is 0 Å². The van der Waals surface area contributed by atoms with Crippen molar-refractivity contribution in [3.8, 4) is 0 Å². The number of hydrogen-bond acceptors (Lipinski definition) is 1. The summed E-state index contributed by atoms with van der Waals surface area (Å²) in [7, 11) is 0. The molecule has 130 valence electrons. The Hall–Kier alpha value is 0.260. The Labute approximate surface area is 155 Å². The molecule has 0 aromatic heterocycles. The Balaban J connectivity index is 0.00000192. The van der Waals surface area contributed by atoms with Crippen LogP contribution in [0.4, 0.5) is 0 Å². The molecule has 2 saturated carbocycles. The Morgan fingerprint density at radius 3 is 2.43 bits per heavy atom. The zero-order valence-electron chi connectivity index (χ0n) is 14.7. The van der Waals surface area contributed by atoms with Gasteiger partial charge in [-0.25, -0.2) is 0 Å². The molecule has 0 unspecified atom stereocenters. The third kappa shape index (κ3) is 3.35. The Bertz CT molecular complexity index is 504. The van der Waals surface area contributed by atoms with Gasteiger partial charge in [0.25, 0.3) is 0 Å². The second-order valence-electron chi connectivity index (χ2n) is 7.87. The van der Waals surface area contributed by atoms with Crippen molar-refractivity contribution in [3.05, 3.63) is 30.3 Å². The molecular formula is C20H31ClOTe. The molecule has 0 heterocycles. The van der Waals surface area contributed by atoms with Gasteiger partial charge in [0, 0.05) is 0 Å². The van der Waals surface area contributed by atoms with Crippen LogP contribution >= 0.6 is 0 Å². The van der Waals surface area contributed by atoms with Crippen LogP contribution in [0.5, 0.6) is 0 Å². The average molecular weight is 451 g/mol. The van der Waals surface area contributed by atoms with Gasteiger partial charge in [-0.2, -0.15) is 0 Å². The van der Waals surface area contributed by atoms with Gasteiger partial charge in [0.2, 0.25) is 0 Å². The maximum absolute atomic E-state index is 10.9. The molecule has 1 aromatic carbocycles. The van der Waals surface area contributed by atoms with E-state index in [2.05, 4.69) is 51.1 Å². The van der Waals surface area contributed by atoms with Crippen molar-refractivity contribution in [1.82, 2.24) is 0 Å². The fourth-order valence-corrected chi connectivity index (χ4v) is 13.6. The molecule has 2 bridgehead atoms. The number of halogens is 1. The van der Waals surface area contributed by atoms with Crippen LogP contribution in [-0.2, 0) is 0 Å². The third-order valence-electron chi connectivity index (χ3n) is 6.64. The molecule has 3 rings (SSSR count). The van der Waals surface area contributed by atoms with E-state index >= 15 is 0 Å². The number of fused-ring (bicyclic) bond motifs is 2. The van der Waals surface area contributed by atoms with Crippen LogP contribution in [0.2, 0.25) is 8.94 Å². The molecule has 1 nitrogen and oxygen atoms in total. The summed E-state index contributed by atoms with van der Waals surface area (Å²) in [5.41, 5.74) is 0.560. The summed E-state index contributed by atoms with van der Waals surface area (Å²) < 4.78 is 4.41. The van der Waals surface area contributed by atoms with Crippen LogP contribution in [0.25, 0.3) is 0 Å². The van der Waals surface area contributed by atoms with Gasteiger partial charge >= 0.3 is 143 Å². The molecule has 0 saturated heterocycles. The minimum absolute atomic E-state index is 0. The first-order chi connectivity index (χ1) is 10.5. The Kier molecular flexibility index (Phi) is 6.52. The molecule has 1 N–H and O–H groups in total. The van der Waals surface area contributed by atoms with Crippen molar-refractivity contribution in [3.63, 3.8) is 0 Å². The van der Waals surface area contributed by atoms with Crippen molar-refractivity contribution in [1.29, 1.82) is 0 Å². The number of unbranched alkanes of at least 4 members (excludes halogenated alkanes) is 1. The minimum Gasteiger partial charge on any atom is -1.00 e. The van der Waals surface area contributed by atoms with Crippen LogP contribution < -0.4 is 16.0 Å². The summed E-state index contributed by atoms with van der Waals surface area (Å²) in [6, 6.07) is 11.3. The van der Waals surface area contributed by atoms with Gasteiger partial charge in [0.1, 0.15) is 0 Å². The standard InChI is InChI=1S/C20H31OTe.ClH/c1-4-5-13-22(17-9-7-6-8-10-17)15-20-12-11-16(14-18(20)21)19(20,2)3;/h6-10,16,18,21H,4-5,11-15H2,1-3H3;1H/q+1;/p-1/t16-,18-,20-;/m1./s1. The van der Waals surface area contributed by atoms with Gasteiger partial charge in [-0.05, 0) is 0 Å². The number of hydrogen-bond donors (Lipinski definition) is 1. The van der Waals surface area contributed by atoms with E-state index in [1.165, 1.54) is 34.6 Å². The molecule has 2 aliphatic rings. The summed E-state index contributed by atoms with van der Waals surface area (Å²) in [4.78, 5) is 0. The summed E-state index contributed by atoms with van der Waals surface area (Å²) in [6.07, 6.45) is 6.28. The van der Waals surface area contributed by atoms with Gasteiger partial charge in [-0.15, -0.1) is 0 Å². The molecule has 1 aromatic rings. The number of aliphatic hydroxyl groups is 1. The quantitative estimate of drug-likeness (QED) is 0.650. The molecule has 0 aliphatic heterocycles. The summed E-state index contributed by atoms with van der Waals surface area (Å²) >= 11 is -1.36. The number of aliphatic hydroxyl groups excluding tert-OH is 1. The van der Waals surface area contributed by atoms with Crippen LogP contribution in [0.15, 0.2) is 30.3 Å². The van der Waals surface area contributed by atoms with Crippen molar-refractivity contribution in [2.24, 2.45) is 16.7 Å². The predicted molar refractivity (Wildman–Crippen MR) is 95.9 cm³/mol. The van der Waals surface area contributed by atoms with E-state index < -0.39 is 19.6 Å². The smallest absolute Gasteiger partial charge is 1.00 e. The van der Waals surface area contributed by atoms with Crippen molar-refractivity contribution < 1.29 is 17.5 Å². The van der Waals surface area contributed by atoms with Gasteiger partial charge < -0.3 is 12.4 Å². The van der Waals surface area contributed by atoms with E-state index in [0.717, 1.165) is 12.3 Å². The van der Waals surface area contributed by atoms with Gasteiger partial charge in [-0.3, -0.25) is 0 Å². The van der Waals surface area contributed by atoms with E-state index in [9.17, 15) is 5.11 Å². The largest absolute Gasteiger partial charge is 1.00 e. The van der Waals surface area contributed by atoms with Gasteiger partial charge in [0.05, 0.1) is 0 Å². The van der Waals surface area contributed by atoms with E-state index in [-0.39, 0.29) is 23.9 Å². The fourth-order valence-electron chi connectivity index (χ4n) is 4.90. The average Bonchev–Trinajstić information content (AvgIpc) is 2.86. The SMILES string of the molecule is CCCC[Te+](C[C@]12CC[C@H](C[C@H]1O)C2(C)C)c1ccccc1.[Cl-]. The van der Waals surface area contributed by atoms with Crippen LogP contribution in [-0.4, -0.2) is 30.8 Å². The predicted octanol–water partition coefficient (Wildman–Crippen LogP) is 1.38. The van der Waals surface area contributed by atoms with Crippen LogP contribution in [0.1, 0.15) is 52.9 Å². The first-order valence-electron chi connectivity index (χ1n) is 8.92. The molecule has 0 amide bonds. The van der Waals surface area contributed by atoms with E-state index in [1.807, 2.05) is 0 Å². The Morgan fingerprint density at radius 1 is 1.22 bits per heavy atom. The monoisotopic (exact) mass is 452 g/mol. The zero-order chi connectivity index (χ0) is 15.8. The van der Waals surface area contributed by atoms with Crippen molar-refractivity contribution in [2.75, 3.05) is 0 Å². The maximum Gasteiger partial charge on any atom is -1.00 e. The third-order valence-corrected chi connectivity index (χ3v) is 14.0. The van der Waals surface area contributed by atoms with E-state index in [4.69, 9.17) is 0 Å². The summed E-state index contributed by atoms with van der Waals surface area (Å²) in [5, 5.41) is 10.9. The molecule has 2 aliphatic carbocycles. The normalized spacial score (nSPS) is 31.3. The van der Waals surface area contributed by atoms with Crippen LogP contribution in [0.3, 0.4) is 0 Å². The van der Waals surface area contributed by atoms with Gasteiger partial charge in [-0.1, -0.05) is 0 Å². The second-order valence-corrected chi connectivity index (χ2v) is 14.0. The first kappa shape index (κ1) is 19.6. The van der Waals surface area contributed by atoms with Crippen LogP contribution in [0, 0.1) is 16.7 Å². The Morgan fingerprint density at radius 2 is 1.91 bits per heavy atom. The molecule has 2 fully saturated rings. The fraction of sp³-hybridized carbons (Fsp3) is 0.700.